The highest BCUT2D eigenvalue weighted by atomic mass is 35.5. The Labute approximate surface area is 72.2 Å². The van der Waals surface area contributed by atoms with Gasteiger partial charge < -0.3 is 10.7 Å². The van der Waals surface area contributed by atoms with Crippen molar-refractivity contribution in [2.24, 2.45) is 5.73 Å². The summed E-state index contributed by atoms with van der Waals surface area (Å²) in [5, 5.41) is 0. The monoisotopic (exact) mass is 183 g/mol. The summed E-state index contributed by atoms with van der Waals surface area (Å²) in [5.41, 5.74) is 6.46. The summed E-state index contributed by atoms with van der Waals surface area (Å²) in [5.74, 6) is 0. The Hall–Kier alpha value is -0.250. The van der Waals surface area contributed by atoms with Crippen molar-refractivity contribution in [3.8, 4) is 0 Å². The number of rotatable bonds is 1. The van der Waals surface area contributed by atoms with Crippen molar-refractivity contribution in [2.75, 3.05) is 0 Å². The minimum atomic E-state index is 0. The molecule has 0 aromatic carbocycles. The van der Waals surface area contributed by atoms with Crippen molar-refractivity contribution in [1.82, 2.24) is 9.97 Å². The van der Waals surface area contributed by atoms with E-state index in [0.29, 0.717) is 0 Å². The summed E-state index contributed by atoms with van der Waals surface area (Å²) in [6.07, 6.45) is 3.35. The third-order valence-electron chi connectivity index (χ3n) is 1.01. The van der Waals surface area contributed by atoms with Crippen LogP contribution >= 0.6 is 24.8 Å². The zero-order valence-electron chi connectivity index (χ0n) is 5.57. The van der Waals surface area contributed by atoms with E-state index in [1.807, 2.05) is 6.92 Å². The van der Waals surface area contributed by atoms with Crippen molar-refractivity contribution in [3.63, 3.8) is 0 Å². The standard InChI is InChI=1S/C5H9N3.2ClH/c1-4(6)5-2-7-3-8-5;;/h2-4H,6H2,1H3,(H,7,8);2*1H. The number of H-pyrrole nitrogens is 1. The summed E-state index contributed by atoms with van der Waals surface area (Å²) in [6.45, 7) is 1.91. The normalized spacial score (nSPS) is 11.0. The van der Waals surface area contributed by atoms with E-state index in [1.54, 1.807) is 12.5 Å². The summed E-state index contributed by atoms with van der Waals surface area (Å²) in [6, 6.07) is 0.0671. The van der Waals surface area contributed by atoms with Crippen LogP contribution in [0.25, 0.3) is 0 Å². The third-order valence-corrected chi connectivity index (χ3v) is 1.01. The van der Waals surface area contributed by atoms with Gasteiger partial charge in [-0.05, 0) is 6.92 Å². The van der Waals surface area contributed by atoms with Crippen molar-refractivity contribution in [1.29, 1.82) is 0 Å². The van der Waals surface area contributed by atoms with Crippen LogP contribution in [0.5, 0.6) is 0 Å². The number of nitrogens with zero attached hydrogens (tertiary/aromatic N) is 1. The molecule has 0 saturated carbocycles. The van der Waals surface area contributed by atoms with E-state index in [9.17, 15) is 0 Å². The number of hydrogen-bond acceptors (Lipinski definition) is 2. The Bertz CT molecular complexity index is 150. The van der Waals surface area contributed by atoms with Crippen LogP contribution < -0.4 is 5.73 Å². The minimum Gasteiger partial charge on any atom is -0.347 e. The second kappa shape index (κ2) is 5.53. The van der Waals surface area contributed by atoms with Gasteiger partial charge in [0.05, 0.1) is 12.0 Å². The van der Waals surface area contributed by atoms with Crippen LogP contribution in [0.3, 0.4) is 0 Å². The van der Waals surface area contributed by atoms with Crippen molar-refractivity contribution in [2.45, 2.75) is 13.0 Å². The van der Waals surface area contributed by atoms with Gasteiger partial charge >= 0.3 is 0 Å². The number of nitrogens with one attached hydrogen (secondary N) is 1. The summed E-state index contributed by atoms with van der Waals surface area (Å²) in [7, 11) is 0. The summed E-state index contributed by atoms with van der Waals surface area (Å²) in [4.78, 5) is 6.71. The number of aromatic nitrogens is 2. The minimum absolute atomic E-state index is 0. The number of imidazole rings is 1. The first kappa shape index (κ1) is 12.4. The Morgan fingerprint density at radius 3 is 2.40 bits per heavy atom. The average Bonchev–Trinajstić information content (AvgIpc) is 2.12. The van der Waals surface area contributed by atoms with Gasteiger partial charge in [-0.1, -0.05) is 0 Å². The van der Waals surface area contributed by atoms with Crippen LogP contribution in [0, 0.1) is 0 Å². The predicted molar refractivity (Wildman–Crippen MR) is 45.7 cm³/mol. The maximum atomic E-state index is 5.49. The van der Waals surface area contributed by atoms with Gasteiger partial charge in [0.15, 0.2) is 0 Å². The molecule has 0 saturated heterocycles. The highest BCUT2D eigenvalue weighted by Gasteiger charge is 1.96. The van der Waals surface area contributed by atoms with Crippen LogP contribution in [-0.2, 0) is 0 Å². The second-order valence-electron chi connectivity index (χ2n) is 1.80. The molecule has 0 aliphatic heterocycles. The van der Waals surface area contributed by atoms with Gasteiger partial charge in [-0.2, -0.15) is 0 Å². The van der Waals surface area contributed by atoms with Gasteiger partial charge in [0, 0.05) is 12.2 Å². The SMILES string of the molecule is CC(N)c1cnc[nH]1.Cl.Cl. The third kappa shape index (κ3) is 3.06. The number of aromatic amines is 1. The molecule has 0 aliphatic carbocycles. The van der Waals surface area contributed by atoms with Gasteiger partial charge in [-0.3, -0.25) is 0 Å². The van der Waals surface area contributed by atoms with Gasteiger partial charge in [0.1, 0.15) is 0 Å². The molecule has 10 heavy (non-hydrogen) atoms. The fourth-order valence-electron chi connectivity index (χ4n) is 0.516. The smallest absolute Gasteiger partial charge is 0.0922 e. The van der Waals surface area contributed by atoms with Gasteiger partial charge in [-0.25, -0.2) is 4.98 Å². The average molecular weight is 184 g/mol. The quantitative estimate of drug-likeness (QED) is 0.690. The molecule has 1 aromatic heterocycles. The van der Waals surface area contributed by atoms with Crippen molar-refractivity contribution >= 4 is 24.8 Å². The van der Waals surface area contributed by atoms with E-state index in [1.165, 1.54) is 0 Å². The fourth-order valence-corrected chi connectivity index (χ4v) is 0.516. The van der Waals surface area contributed by atoms with E-state index in [4.69, 9.17) is 5.73 Å². The molecule has 60 valence electrons. The highest BCUT2D eigenvalue weighted by molar-refractivity contribution is 5.85. The summed E-state index contributed by atoms with van der Waals surface area (Å²) >= 11 is 0. The van der Waals surface area contributed by atoms with E-state index in [0.717, 1.165) is 5.69 Å². The van der Waals surface area contributed by atoms with Crippen LogP contribution in [-0.4, -0.2) is 9.97 Å². The molecule has 0 aliphatic rings. The lowest BCUT2D eigenvalue weighted by molar-refractivity contribution is 0.789. The second-order valence-corrected chi connectivity index (χ2v) is 1.80. The van der Waals surface area contributed by atoms with Gasteiger partial charge in [0.2, 0.25) is 0 Å². The zero-order chi connectivity index (χ0) is 5.98. The van der Waals surface area contributed by atoms with Gasteiger partial charge in [0.25, 0.3) is 0 Å². The van der Waals surface area contributed by atoms with Crippen molar-refractivity contribution in [3.05, 3.63) is 18.2 Å². The molecular formula is C5H11Cl2N3. The molecule has 3 N–H and O–H groups in total. The molecule has 0 bridgehead atoms. The molecule has 5 heteroatoms. The lowest BCUT2D eigenvalue weighted by Crippen LogP contribution is -2.04. The van der Waals surface area contributed by atoms with Crippen molar-refractivity contribution < 1.29 is 0 Å². The van der Waals surface area contributed by atoms with Crippen LogP contribution in [0.15, 0.2) is 12.5 Å². The molecule has 1 rings (SSSR count). The lowest BCUT2D eigenvalue weighted by atomic mass is 10.3. The number of halogens is 2. The van der Waals surface area contributed by atoms with Crippen LogP contribution in [0.1, 0.15) is 18.7 Å². The Balaban J connectivity index is 0. The molecule has 0 fully saturated rings. The maximum Gasteiger partial charge on any atom is 0.0922 e. The van der Waals surface area contributed by atoms with Crippen LogP contribution in [0.4, 0.5) is 0 Å². The maximum absolute atomic E-state index is 5.49. The topological polar surface area (TPSA) is 54.7 Å². The molecule has 1 heterocycles. The number of nitrogens with two attached hydrogens (primary N) is 1. The van der Waals surface area contributed by atoms with Gasteiger partial charge in [-0.15, -0.1) is 24.8 Å². The molecule has 1 atom stereocenters. The molecule has 1 unspecified atom stereocenters. The Morgan fingerprint density at radius 1 is 1.60 bits per heavy atom. The van der Waals surface area contributed by atoms with E-state index in [-0.39, 0.29) is 30.9 Å². The first-order chi connectivity index (χ1) is 3.80. The lowest BCUT2D eigenvalue weighted by Gasteiger charge is -1.96. The van der Waals surface area contributed by atoms with E-state index >= 15 is 0 Å². The molecule has 0 radical (unpaired) electrons. The van der Waals surface area contributed by atoms with Crippen LogP contribution in [0.2, 0.25) is 0 Å². The Morgan fingerprint density at radius 2 is 2.20 bits per heavy atom. The molecule has 1 aromatic rings. The molecule has 3 nitrogen and oxygen atoms in total. The predicted octanol–water partition coefficient (Wildman–Crippen LogP) is 1.27. The fraction of sp³-hybridized carbons (Fsp3) is 0.400. The molecular weight excluding hydrogens is 173 g/mol. The molecule has 0 amide bonds. The first-order valence-corrected chi connectivity index (χ1v) is 2.54. The van der Waals surface area contributed by atoms with E-state index in [2.05, 4.69) is 9.97 Å². The first-order valence-electron chi connectivity index (χ1n) is 2.54. The largest absolute Gasteiger partial charge is 0.347 e. The highest BCUT2D eigenvalue weighted by Crippen LogP contribution is 2.00. The summed E-state index contributed by atoms with van der Waals surface area (Å²) < 4.78 is 0. The Kier molecular flexibility index (Phi) is 6.87. The number of hydrogen-bond donors (Lipinski definition) is 2. The van der Waals surface area contributed by atoms with E-state index < -0.39 is 0 Å². The zero-order valence-corrected chi connectivity index (χ0v) is 7.21. The molecule has 0 spiro atoms.